The van der Waals surface area contributed by atoms with Gasteiger partial charge in [0.15, 0.2) is 0 Å². The van der Waals surface area contributed by atoms with E-state index in [1.165, 1.54) is 24.4 Å². The van der Waals surface area contributed by atoms with Crippen LogP contribution in [0.5, 0.6) is 0 Å². The van der Waals surface area contributed by atoms with E-state index in [0.717, 1.165) is 5.01 Å². The van der Waals surface area contributed by atoms with Crippen LogP contribution < -0.4 is 5.32 Å². The number of nitrogens with zero attached hydrogens (tertiary/aromatic N) is 3. The first-order chi connectivity index (χ1) is 8.56. The van der Waals surface area contributed by atoms with Gasteiger partial charge in [-0.25, -0.2) is 9.80 Å². The van der Waals surface area contributed by atoms with Gasteiger partial charge in [-0.3, -0.25) is 20.2 Å². The Morgan fingerprint density at radius 1 is 1.44 bits per heavy atom. The van der Waals surface area contributed by atoms with Crippen molar-refractivity contribution in [3.63, 3.8) is 0 Å². The number of urea groups is 1. The molecular weight excluding hydrogens is 240 g/mol. The average molecular weight is 248 g/mol. The van der Waals surface area contributed by atoms with Gasteiger partial charge in [-0.2, -0.15) is 5.10 Å². The number of amides is 3. The molecule has 2 rings (SSSR count). The monoisotopic (exact) mass is 248 g/mol. The van der Waals surface area contributed by atoms with Crippen LogP contribution in [0.25, 0.3) is 0 Å². The van der Waals surface area contributed by atoms with Crippen LogP contribution in [-0.4, -0.2) is 34.6 Å². The molecule has 0 bridgehead atoms. The van der Waals surface area contributed by atoms with Gasteiger partial charge in [0.05, 0.1) is 11.1 Å². The zero-order valence-electron chi connectivity index (χ0n) is 9.07. The maximum absolute atomic E-state index is 11.2. The molecule has 1 saturated heterocycles. The summed E-state index contributed by atoms with van der Waals surface area (Å²) in [5.74, 6) is -0.434. The molecule has 1 aliphatic rings. The highest BCUT2D eigenvalue weighted by Crippen LogP contribution is 2.11. The van der Waals surface area contributed by atoms with Gasteiger partial charge < -0.3 is 0 Å². The molecule has 0 saturated carbocycles. The quantitative estimate of drug-likeness (QED) is 0.363. The molecule has 1 aliphatic heterocycles. The second-order valence-electron chi connectivity index (χ2n) is 3.51. The summed E-state index contributed by atoms with van der Waals surface area (Å²) in [6.07, 6.45) is 1.28. The van der Waals surface area contributed by atoms with Gasteiger partial charge in [0.2, 0.25) is 5.91 Å². The standard InChI is InChI=1S/C10H8N4O4/c15-9-6-13(10(16)12-9)11-5-7-2-1-3-8(4-7)14(17)18/h1-5H,6H2,(H,12,15,16)/b11-5+. The summed E-state index contributed by atoms with van der Waals surface area (Å²) in [6.45, 7) is -0.149. The van der Waals surface area contributed by atoms with Crippen molar-refractivity contribution in [2.24, 2.45) is 5.10 Å². The number of hydrogen-bond donors (Lipinski definition) is 1. The molecule has 0 aliphatic carbocycles. The molecule has 8 nitrogen and oxygen atoms in total. The number of hydrogen-bond acceptors (Lipinski definition) is 5. The summed E-state index contributed by atoms with van der Waals surface area (Å²) in [6, 6.07) is 5.17. The number of nitro benzene ring substituents is 1. The van der Waals surface area contributed by atoms with E-state index in [2.05, 4.69) is 10.4 Å². The minimum absolute atomic E-state index is 0.0686. The fourth-order valence-corrected chi connectivity index (χ4v) is 1.38. The summed E-state index contributed by atoms with van der Waals surface area (Å²) in [5.41, 5.74) is 0.400. The lowest BCUT2D eigenvalue weighted by molar-refractivity contribution is -0.384. The Bertz CT molecular complexity index is 555. The number of hydrazone groups is 1. The molecule has 18 heavy (non-hydrogen) atoms. The SMILES string of the molecule is O=C1CN(/N=C/c2cccc([N+](=O)[O-])c2)C(=O)N1. The average Bonchev–Trinajstić information content (AvgIpc) is 2.65. The Balaban J connectivity index is 2.14. The zero-order chi connectivity index (χ0) is 13.1. The molecule has 1 aromatic carbocycles. The van der Waals surface area contributed by atoms with Crippen LogP contribution in [0.2, 0.25) is 0 Å². The lowest BCUT2D eigenvalue weighted by Crippen LogP contribution is -2.24. The van der Waals surface area contributed by atoms with Crippen LogP contribution >= 0.6 is 0 Å². The van der Waals surface area contributed by atoms with E-state index in [4.69, 9.17) is 0 Å². The number of carbonyl (C=O) groups is 2. The van der Waals surface area contributed by atoms with Gasteiger partial charge in [0.25, 0.3) is 5.69 Å². The first-order valence-electron chi connectivity index (χ1n) is 4.96. The fraction of sp³-hybridized carbons (Fsp3) is 0.100. The second kappa shape index (κ2) is 4.62. The number of benzene rings is 1. The highest BCUT2D eigenvalue weighted by molar-refractivity contribution is 6.02. The van der Waals surface area contributed by atoms with Crippen LogP contribution in [0.4, 0.5) is 10.5 Å². The predicted octanol–water partition coefficient (Wildman–Crippen LogP) is 0.480. The Morgan fingerprint density at radius 2 is 2.22 bits per heavy atom. The molecule has 0 radical (unpaired) electrons. The molecule has 0 atom stereocenters. The third-order valence-corrected chi connectivity index (χ3v) is 2.20. The molecule has 3 amide bonds. The van der Waals surface area contributed by atoms with Gasteiger partial charge >= 0.3 is 6.03 Å². The summed E-state index contributed by atoms with van der Waals surface area (Å²) < 4.78 is 0. The molecule has 1 fully saturated rings. The van der Waals surface area contributed by atoms with Crippen LogP contribution in [-0.2, 0) is 4.79 Å². The van der Waals surface area contributed by atoms with E-state index in [0.29, 0.717) is 5.56 Å². The molecule has 0 aromatic heterocycles. The van der Waals surface area contributed by atoms with Gasteiger partial charge in [0.1, 0.15) is 6.54 Å². The van der Waals surface area contributed by atoms with Gasteiger partial charge in [-0.1, -0.05) is 12.1 Å². The second-order valence-corrected chi connectivity index (χ2v) is 3.51. The van der Waals surface area contributed by atoms with Crippen molar-refractivity contribution in [1.82, 2.24) is 10.3 Å². The minimum Gasteiger partial charge on any atom is -0.275 e. The van der Waals surface area contributed by atoms with E-state index in [1.807, 2.05) is 0 Å². The van der Waals surface area contributed by atoms with Crippen LogP contribution in [0, 0.1) is 10.1 Å². The molecule has 1 aromatic rings. The van der Waals surface area contributed by atoms with Gasteiger partial charge in [0, 0.05) is 17.7 Å². The number of imide groups is 1. The lowest BCUT2D eigenvalue weighted by atomic mass is 10.2. The maximum atomic E-state index is 11.2. The van der Waals surface area contributed by atoms with Crippen molar-refractivity contribution in [3.05, 3.63) is 39.9 Å². The van der Waals surface area contributed by atoms with Crippen LogP contribution in [0.1, 0.15) is 5.56 Å². The number of non-ortho nitro benzene ring substituents is 1. The van der Waals surface area contributed by atoms with Crippen LogP contribution in [0.15, 0.2) is 29.4 Å². The molecule has 0 unspecified atom stereocenters. The van der Waals surface area contributed by atoms with Crippen LogP contribution in [0.3, 0.4) is 0 Å². The first kappa shape index (κ1) is 11.7. The zero-order valence-corrected chi connectivity index (χ0v) is 9.07. The summed E-state index contributed by atoms with van der Waals surface area (Å²) in [7, 11) is 0. The van der Waals surface area contributed by atoms with E-state index >= 15 is 0 Å². The minimum atomic E-state index is -0.610. The summed E-state index contributed by atoms with van der Waals surface area (Å²) in [4.78, 5) is 32.1. The first-order valence-corrected chi connectivity index (χ1v) is 4.96. The maximum Gasteiger partial charge on any atom is 0.344 e. The number of rotatable bonds is 3. The van der Waals surface area contributed by atoms with Crippen molar-refractivity contribution in [2.75, 3.05) is 6.54 Å². The Kier molecular flexibility index (Phi) is 3.00. The summed E-state index contributed by atoms with van der Waals surface area (Å²) >= 11 is 0. The molecular formula is C10H8N4O4. The third kappa shape index (κ3) is 2.48. The smallest absolute Gasteiger partial charge is 0.275 e. The topological polar surface area (TPSA) is 105 Å². The third-order valence-electron chi connectivity index (χ3n) is 2.20. The van der Waals surface area contributed by atoms with E-state index in [-0.39, 0.29) is 12.2 Å². The number of carbonyl (C=O) groups excluding carboxylic acids is 2. The highest BCUT2D eigenvalue weighted by atomic mass is 16.6. The highest BCUT2D eigenvalue weighted by Gasteiger charge is 2.25. The number of nitro groups is 1. The van der Waals surface area contributed by atoms with E-state index in [1.54, 1.807) is 6.07 Å². The van der Waals surface area contributed by atoms with Crippen molar-refractivity contribution < 1.29 is 14.5 Å². The molecule has 8 heteroatoms. The summed E-state index contributed by atoms with van der Waals surface area (Å²) in [5, 5.41) is 17.3. The fourth-order valence-electron chi connectivity index (χ4n) is 1.38. The Hall–Kier alpha value is -2.77. The Labute approximate surface area is 101 Å². The van der Waals surface area contributed by atoms with Crippen molar-refractivity contribution in [3.8, 4) is 0 Å². The Morgan fingerprint density at radius 3 is 2.83 bits per heavy atom. The molecule has 92 valence electrons. The lowest BCUT2D eigenvalue weighted by Gasteiger charge is -2.03. The van der Waals surface area contributed by atoms with Crippen molar-refractivity contribution >= 4 is 23.8 Å². The van der Waals surface area contributed by atoms with Gasteiger partial charge in [-0.05, 0) is 0 Å². The van der Waals surface area contributed by atoms with Gasteiger partial charge in [-0.15, -0.1) is 0 Å². The van der Waals surface area contributed by atoms with E-state index < -0.39 is 16.9 Å². The van der Waals surface area contributed by atoms with Crippen molar-refractivity contribution in [2.45, 2.75) is 0 Å². The molecule has 1 heterocycles. The molecule has 1 N–H and O–H groups in total. The number of nitrogens with one attached hydrogen (secondary N) is 1. The van der Waals surface area contributed by atoms with Crippen molar-refractivity contribution in [1.29, 1.82) is 0 Å². The largest absolute Gasteiger partial charge is 0.344 e. The van der Waals surface area contributed by atoms with E-state index in [9.17, 15) is 19.7 Å². The molecule has 0 spiro atoms. The predicted molar refractivity (Wildman–Crippen MR) is 60.9 cm³/mol. The normalized spacial score (nSPS) is 15.2.